The Morgan fingerprint density at radius 2 is 2.12 bits per heavy atom. The molecule has 0 unspecified atom stereocenters. The number of anilines is 1. The smallest absolute Gasteiger partial charge is 0.128 e. The lowest BCUT2D eigenvalue weighted by Crippen LogP contribution is -2.50. The lowest BCUT2D eigenvalue weighted by molar-refractivity contribution is 0.00967. The first kappa shape index (κ1) is 16.5. The Labute approximate surface area is 149 Å². The van der Waals surface area contributed by atoms with Crippen LogP contribution in [0.15, 0.2) is 36.8 Å². The quantitative estimate of drug-likeness (QED) is 0.854. The third-order valence-corrected chi connectivity index (χ3v) is 5.44. The summed E-state index contributed by atoms with van der Waals surface area (Å²) in [7, 11) is 2.07. The van der Waals surface area contributed by atoms with Crippen molar-refractivity contribution in [3.05, 3.63) is 42.6 Å². The van der Waals surface area contributed by atoms with Gasteiger partial charge in [-0.1, -0.05) is 6.07 Å². The molecule has 0 aromatic carbocycles. The minimum Gasteiger partial charge on any atom is -0.379 e. The van der Waals surface area contributed by atoms with Crippen molar-refractivity contribution >= 4 is 5.82 Å². The Bertz CT molecular complexity index is 688. The molecule has 2 fully saturated rings. The largest absolute Gasteiger partial charge is 0.379 e. The molecule has 2 aliphatic rings. The van der Waals surface area contributed by atoms with Crippen molar-refractivity contribution in [2.45, 2.75) is 19.4 Å². The van der Waals surface area contributed by atoms with Gasteiger partial charge in [0.2, 0.25) is 0 Å². The van der Waals surface area contributed by atoms with Crippen LogP contribution in [0.3, 0.4) is 0 Å². The fourth-order valence-electron chi connectivity index (χ4n) is 4.17. The van der Waals surface area contributed by atoms with Gasteiger partial charge in [-0.05, 0) is 31.5 Å². The summed E-state index contributed by atoms with van der Waals surface area (Å²) in [6, 6.07) is 6.14. The maximum Gasteiger partial charge on any atom is 0.128 e. The van der Waals surface area contributed by atoms with Crippen LogP contribution in [0.1, 0.15) is 18.7 Å². The molecule has 4 heterocycles. The molecule has 25 heavy (non-hydrogen) atoms. The number of likely N-dealkylation sites (tertiary alicyclic amines) is 1. The van der Waals surface area contributed by atoms with Crippen LogP contribution in [0.4, 0.5) is 5.82 Å². The molecule has 2 aromatic heterocycles. The highest BCUT2D eigenvalue weighted by Crippen LogP contribution is 2.34. The lowest BCUT2D eigenvalue weighted by Gasteiger charge is -2.43. The van der Waals surface area contributed by atoms with E-state index in [0.717, 1.165) is 57.6 Å². The second-order valence-electron chi connectivity index (χ2n) is 7.43. The molecule has 0 N–H and O–H groups in total. The number of nitrogens with zero attached hydrogens (tertiary/aromatic N) is 5. The Kier molecular flexibility index (Phi) is 4.72. The molecule has 0 saturated carbocycles. The van der Waals surface area contributed by atoms with Crippen LogP contribution in [-0.4, -0.2) is 58.8 Å². The van der Waals surface area contributed by atoms with Crippen LogP contribution in [0.2, 0.25) is 0 Å². The van der Waals surface area contributed by atoms with E-state index in [4.69, 9.17) is 4.74 Å². The number of hydrogen-bond donors (Lipinski definition) is 0. The van der Waals surface area contributed by atoms with Gasteiger partial charge in [0.05, 0.1) is 19.8 Å². The summed E-state index contributed by atoms with van der Waals surface area (Å²) in [6.07, 6.45) is 8.21. The average molecular weight is 341 g/mol. The fourth-order valence-corrected chi connectivity index (χ4v) is 4.17. The molecule has 1 atom stereocenters. The molecule has 0 amide bonds. The fraction of sp³-hybridized carbons (Fsp3) is 0.579. The molecule has 0 aliphatic carbocycles. The van der Waals surface area contributed by atoms with Gasteiger partial charge in [-0.2, -0.15) is 0 Å². The van der Waals surface area contributed by atoms with Crippen LogP contribution in [0, 0.1) is 5.41 Å². The molecular formula is C19H27N5O. The maximum atomic E-state index is 6.03. The number of aromatic nitrogens is 3. The zero-order valence-corrected chi connectivity index (χ0v) is 15.0. The van der Waals surface area contributed by atoms with Gasteiger partial charge in [0, 0.05) is 50.7 Å². The molecule has 0 bridgehead atoms. The summed E-state index contributed by atoms with van der Waals surface area (Å²) >= 11 is 0. The van der Waals surface area contributed by atoms with Crippen molar-refractivity contribution in [3.63, 3.8) is 0 Å². The van der Waals surface area contributed by atoms with E-state index < -0.39 is 0 Å². The number of ether oxygens (including phenoxy) is 1. The normalized spacial score (nSPS) is 25.2. The van der Waals surface area contributed by atoms with Crippen molar-refractivity contribution in [3.8, 4) is 0 Å². The summed E-state index contributed by atoms with van der Waals surface area (Å²) in [6.45, 7) is 6.65. The second-order valence-corrected chi connectivity index (χ2v) is 7.43. The van der Waals surface area contributed by atoms with Crippen LogP contribution >= 0.6 is 0 Å². The van der Waals surface area contributed by atoms with E-state index in [0.29, 0.717) is 0 Å². The van der Waals surface area contributed by atoms with Gasteiger partial charge >= 0.3 is 0 Å². The predicted molar refractivity (Wildman–Crippen MR) is 97.4 cm³/mol. The van der Waals surface area contributed by atoms with Crippen LogP contribution < -0.4 is 4.90 Å². The number of aryl methyl sites for hydroxylation is 1. The molecule has 2 aromatic rings. The van der Waals surface area contributed by atoms with Crippen molar-refractivity contribution in [2.24, 2.45) is 12.5 Å². The van der Waals surface area contributed by atoms with Gasteiger partial charge in [-0.15, -0.1) is 0 Å². The molecule has 1 spiro atoms. The third-order valence-electron chi connectivity index (χ3n) is 5.44. The van der Waals surface area contributed by atoms with E-state index in [-0.39, 0.29) is 5.41 Å². The van der Waals surface area contributed by atoms with Crippen molar-refractivity contribution < 1.29 is 4.74 Å². The zero-order valence-electron chi connectivity index (χ0n) is 15.0. The first-order valence-corrected chi connectivity index (χ1v) is 9.16. The van der Waals surface area contributed by atoms with E-state index in [1.165, 1.54) is 12.8 Å². The first-order valence-electron chi connectivity index (χ1n) is 9.16. The van der Waals surface area contributed by atoms with Crippen molar-refractivity contribution in [1.82, 2.24) is 19.4 Å². The van der Waals surface area contributed by atoms with E-state index in [1.54, 1.807) is 0 Å². The second kappa shape index (κ2) is 7.14. The molecular weight excluding hydrogens is 314 g/mol. The van der Waals surface area contributed by atoms with E-state index >= 15 is 0 Å². The van der Waals surface area contributed by atoms with Gasteiger partial charge in [0.1, 0.15) is 11.6 Å². The summed E-state index contributed by atoms with van der Waals surface area (Å²) in [5, 5.41) is 0. The number of hydrogen-bond acceptors (Lipinski definition) is 5. The molecule has 4 rings (SSSR count). The Balaban J connectivity index is 1.49. The Hall–Kier alpha value is -1.92. The number of rotatable bonds is 3. The Morgan fingerprint density at radius 3 is 2.92 bits per heavy atom. The highest BCUT2D eigenvalue weighted by atomic mass is 16.5. The molecule has 2 saturated heterocycles. The highest BCUT2D eigenvalue weighted by molar-refractivity contribution is 5.38. The molecule has 6 nitrogen and oxygen atoms in total. The van der Waals surface area contributed by atoms with Crippen molar-refractivity contribution in [2.75, 3.05) is 44.3 Å². The molecule has 2 aliphatic heterocycles. The van der Waals surface area contributed by atoms with Gasteiger partial charge < -0.3 is 14.2 Å². The van der Waals surface area contributed by atoms with Crippen molar-refractivity contribution in [1.29, 1.82) is 0 Å². The zero-order chi connectivity index (χ0) is 17.1. The topological polar surface area (TPSA) is 46.4 Å². The monoisotopic (exact) mass is 341 g/mol. The minimum absolute atomic E-state index is 0.178. The Morgan fingerprint density at radius 1 is 1.16 bits per heavy atom. The number of pyridine rings is 1. The average Bonchev–Trinajstić information content (AvgIpc) is 2.92. The summed E-state index contributed by atoms with van der Waals surface area (Å²) in [4.78, 5) is 14.0. The van der Waals surface area contributed by atoms with Gasteiger partial charge in [-0.3, -0.25) is 4.90 Å². The van der Waals surface area contributed by atoms with Gasteiger partial charge in [-0.25, -0.2) is 9.97 Å². The van der Waals surface area contributed by atoms with E-state index in [2.05, 4.69) is 43.5 Å². The molecule has 0 radical (unpaired) electrons. The van der Waals surface area contributed by atoms with Crippen LogP contribution in [0.5, 0.6) is 0 Å². The third kappa shape index (κ3) is 3.70. The van der Waals surface area contributed by atoms with Gasteiger partial charge in [0.25, 0.3) is 0 Å². The van der Waals surface area contributed by atoms with Crippen LogP contribution in [0.25, 0.3) is 0 Å². The van der Waals surface area contributed by atoms with Gasteiger partial charge in [0.15, 0.2) is 0 Å². The molecule has 6 heteroatoms. The summed E-state index contributed by atoms with van der Waals surface area (Å²) < 4.78 is 8.15. The summed E-state index contributed by atoms with van der Waals surface area (Å²) in [5.41, 5.74) is 0.178. The number of piperidine rings is 1. The van der Waals surface area contributed by atoms with E-state index in [1.807, 2.05) is 24.7 Å². The van der Waals surface area contributed by atoms with Crippen LogP contribution in [-0.2, 0) is 18.3 Å². The SMILES string of the molecule is Cn1ccnc1CN1CCC[C@@]2(COCCN(c3ccccn3)C2)C1. The first-order chi connectivity index (χ1) is 12.2. The highest BCUT2D eigenvalue weighted by Gasteiger charge is 2.39. The maximum absolute atomic E-state index is 6.03. The summed E-state index contributed by atoms with van der Waals surface area (Å²) in [5.74, 6) is 2.20. The minimum atomic E-state index is 0.178. The predicted octanol–water partition coefficient (Wildman–Crippen LogP) is 1.93. The molecule has 134 valence electrons. The van der Waals surface area contributed by atoms with E-state index in [9.17, 15) is 0 Å². The lowest BCUT2D eigenvalue weighted by atomic mass is 9.80. The standard InChI is InChI=1S/C19H27N5O/c1-22-10-8-21-18(22)13-23-9-4-6-19(14-23)15-24(11-12-25-16-19)17-5-2-3-7-20-17/h2-3,5,7-8,10H,4,6,9,11-16H2,1H3/t19-/m1/s1. The number of imidazole rings is 1.